The fraction of sp³-hybridized carbons (Fsp3) is 0.900. The molecule has 0 aromatic rings. The van der Waals surface area contributed by atoms with Crippen LogP contribution in [0.3, 0.4) is 0 Å². The van der Waals surface area contributed by atoms with Gasteiger partial charge in [0.1, 0.15) is 5.60 Å². The summed E-state index contributed by atoms with van der Waals surface area (Å²) in [6.07, 6.45) is -1.94. The van der Waals surface area contributed by atoms with Crippen LogP contribution in [-0.4, -0.2) is 85.5 Å². The zero-order valence-corrected chi connectivity index (χ0v) is 21.3. The summed E-state index contributed by atoms with van der Waals surface area (Å²) in [5.41, 5.74) is -0.522. The number of carbonyl (C=O) groups excluding carboxylic acids is 1. The van der Waals surface area contributed by atoms with E-state index in [1.807, 2.05) is 27.7 Å². The van der Waals surface area contributed by atoms with E-state index in [0.29, 0.717) is 51.6 Å². The van der Waals surface area contributed by atoms with E-state index in [-0.39, 0.29) is 42.0 Å². The van der Waals surface area contributed by atoms with Crippen molar-refractivity contribution in [1.82, 2.24) is 20.4 Å². The van der Waals surface area contributed by atoms with Crippen LogP contribution in [0.2, 0.25) is 0 Å². The predicted molar refractivity (Wildman–Crippen MR) is 126 cm³/mol. The second-order valence-electron chi connectivity index (χ2n) is 9.13. The Morgan fingerprint density at radius 3 is 2.48 bits per heavy atom. The lowest BCUT2D eigenvalue weighted by molar-refractivity contribution is -0.143. The lowest BCUT2D eigenvalue weighted by Crippen LogP contribution is -2.46. The highest BCUT2D eigenvalue weighted by molar-refractivity contribution is 14.0. The van der Waals surface area contributed by atoms with Gasteiger partial charge in [0.05, 0.1) is 6.54 Å². The maximum atomic E-state index is 12.6. The second-order valence-corrected chi connectivity index (χ2v) is 9.13. The molecule has 7 nitrogen and oxygen atoms in total. The molecule has 0 bridgehead atoms. The average Bonchev–Trinajstić information content (AvgIpc) is 3.03. The maximum absolute atomic E-state index is 12.6. The van der Waals surface area contributed by atoms with Crippen molar-refractivity contribution < 1.29 is 22.7 Å². The average molecular weight is 563 g/mol. The molecule has 2 heterocycles. The Morgan fingerprint density at radius 2 is 1.87 bits per heavy atom. The van der Waals surface area contributed by atoms with Gasteiger partial charge in [-0.3, -0.25) is 9.89 Å². The fourth-order valence-corrected chi connectivity index (χ4v) is 3.79. The Bertz CT molecular complexity index is 598. The molecular formula is C20H37F3IN5O2. The van der Waals surface area contributed by atoms with Gasteiger partial charge in [-0.05, 0) is 52.9 Å². The van der Waals surface area contributed by atoms with Gasteiger partial charge in [0, 0.05) is 45.3 Å². The summed E-state index contributed by atoms with van der Waals surface area (Å²) in [7, 11) is 0. The van der Waals surface area contributed by atoms with Gasteiger partial charge in [0.15, 0.2) is 5.96 Å². The molecule has 0 aromatic carbocycles. The number of halogens is 4. The molecule has 2 fully saturated rings. The first-order chi connectivity index (χ1) is 13.9. The molecule has 1 amide bonds. The molecule has 182 valence electrons. The summed E-state index contributed by atoms with van der Waals surface area (Å²) >= 11 is 0. The zero-order chi connectivity index (χ0) is 22.4. The van der Waals surface area contributed by atoms with Crippen molar-refractivity contribution in [3.63, 3.8) is 0 Å². The third kappa shape index (κ3) is 10.9. The number of carbonyl (C=O) groups is 1. The van der Waals surface area contributed by atoms with Gasteiger partial charge in [0.25, 0.3) is 0 Å². The van der Waals surface area contributed by atoms with Gasteiger partial charge in [-0.15, -0.1) is 24.0 Å². The Labute approximate surface area is 200 Å². The highest BCUT2D eigenvalue weighted by Crippen LogP contribution is 2.21. The van der Waals surface area contributed by atoms with Crippen LogP contribution in [0.25, 0.3) is 0 Å². The summed E-state index contributed by atoms with van der Waals surface area (Å²) < 4.78 is 43.2. The topological polar surface area (TPSA) is 69.2 Å². The van der Waals surface area contributed by atoms with Gasteiger partial charge in [-0.1, -0.05) is 0 Å². The number of aliphatic imine (C=N–C) groups is 1. The van der Waals surface area contributed by atoms with E-state index in [1.165, 1.54) is 4.90 Å². The minimum atomic E-state index is -4.17. The number of amides is 1. The largest absolute Gasteiger partial charge is 0.444 e. The number of alkyl halides is 3. The van der Waals surface area contributed by atoms with Crippen LogP contribution >= 0.6 is 24.0 Å². The van der Waals surface area contributed by atoms with Gasteiger partial charge in [-0.2, -0.15) is 13.2 Å². The molecule has 2 saturated heterocycles. The Kier molecular flexibility index (Phi) is 11.1. The SMILES string of the molecule is CCNC(=NCC1CCCN(C(=O)OC(C)(C)C)C1)NC1CCN(CC(F)(F)F)C1.I. The number of rotatable bonds is 5. The van der Waals surface area contributed by atoms with E-state index in [0.717, 1.165) is 12.8 Å². The summed E-state index contributed by atoms with van der Waals surface area (Å²) in [5, 5.41) is 6.43. The van der Waals surface area contributed by atoms with Crippen molar-refractivity contribution in [3.05, 3.63) is 0 Å². The maximum Gasteiger partial charge on any atom is 0.410 e. The Hall–Kier alpha value is -0.980. The number of nitrogens with one attached hydrogen (secondary N) is 2. The van der Waals surface area contributed by atoms with E-state index in [2.05, 4.69) is 15.6 Å². The summed E-state index contributed by atoms with van der Waals surface area (Å²) in [6.45, 7) is 9.90. The van der Waals surface area contributed by atoms with Crippen molar-refractivity contribution in [1.29, 1.82) is 0 Å². The molecule has 11 heteroatoms. The molecule has 0 saturated carbocycles. The summed E-state index contributed by atoms with van der Waals surface area (Å²) in [6, 6.07) is -0.0604. The van der Waals surface area contributed by atoms with Crippen molar-refractivity contribution in [2.45, 2.75) is 64.8 Å². The van der Waals surface area contributed by atoms with Crippen LogP contribution in [0, 0.1) is 5.92 Å². The minimum Gasteiger partial charge on any atom is -0.444 e. The molecule has 0 radical (unpaired) electrons. The van der Waals surface area contributed by atoms with E-state index in [4.69, 9.17) is 4.74 Å². The van der Waals surface area contributed by atoms with E-state index in [9.17, 15) is 18.0 Å². The first-order valence-corrected chi connectivity index (χ1v) is 10.8. The van der Waals surface area contributed by atoms with E-state index >= 15 is 0 Å². The normalized spacial score (nSPS) is 23.3. The quantitative estimate of drug-likeness (QED) is 0.305. The Morgan fingerprint density at radius 1 is 1.16 bits per heavy atom. The fourth-order valence-electron chi connectivity index (χ4n) is 3.79. The van der Waals surface area contributed by atoms with Gasteiger partial charge in [0.2, 0.25) is 0 Å². The molecule has 0 aromatic heterocycles. The smallest absolute Gasteiger partial charge is 0.410 e. The van der Waals surface area contributed by atoms with Gasteiger partial charge < -0.3 is 20.3 Å². The van der Waals surface area contributed by atoms with Gasteiger partial charge >= 0.3 is 12.3 Å². The summed E-state index contributed by atoms with van der Waals surface area (Å²) in [4.78, 5) is 20.1. The number of guanidine groups is 1. The molecule has 2 atom stereocenters. The highest BCUT2D eigenvalue weighted by atomic mass is 127. The number of nitrogens with zero attached hydrogens (tertiary/aromatic N) is 3. The number of likely N-dealkylation sites (tertiary alicyclic amines) is 2. The Balaban J connectivity index is 0.00000480. The molecule has 31 heavy (non-hydrogen) atoms. The van der Waals surface area contributed by atoms with Gasteiger partial charge in [-0.25, -0.2) is 4.79 Å². The second kappa shape index (κ2) is 12.3. The molecule has 2 aliphatic rings. The molecule has 2 rings (SSSR count). The molecule has 2 unspecified atom stereocenters. The summed E-state index contributed by atoms with van der Waals surface area (Å²) in [5.74, 6) is 0.845. The number of hydrogen-bond donors (Lipinski definition) is 2. The number of ether oxygens (including phenoxy) is 1. The van der Waals surface area contributed by atoms with E-state index in [1.54, 1.807) is 4.90 Å². The first-order valence-electron chi connectivity index (χ1n) is 10.8. The van der Waals surface area contributed by atoms with Crippen molar-refractivity contribution in [2.75, 3.05) is 45.8 Å². The third-order valence-electron chi connectivity index (χ3n) is 5.04. The first kappa shape index (κ1) is 28.1. The highest BCUT2D eigenvalue weighted by Gasteiger charge is 2.34. The molecule has 2 aliphatic heterocycles. The van der Waals surface area contributed by atoms with Crippen molar-refractivity contribution in [3.8, 4) is 0 Å². The lowest BCUT2D eigenvalue weighted by Gasteiger charge is -2.33. The third-order valence-corrected chi connectivity index (χ3v) is 5.04. The number of piperidine rings is 1. The van der Waals surface area contributed by atoms with Crippen molar-refractivity contribution >= 4 is 36.0 Å². The van der Waals surface area contributed by atoms with Crippen molar-refractivity contribution in [2.24, 2.45) is 10.9 Å². The monoisotopic (exact) mass is 563 g/mol. The predicted octanol–water partition coefficient (Wildman–Crippen LogP) is 3.44. The van der Waals surface area contributed by atoms with E-state index < -0.39 is 18.3 Å². The minimum absolute atomic E-state index is 0. The molecule has 0 spiro atoms. The number of hydrogen-bond acceptors (Lipinski definition) is 4. The zero-order valence-electron chi connectivity index (χ0n) is 18.9. The van der Waals surface area contributed by atoms with Crippen LogP contribution in [0.5, 0.6) is 0 Å². The lowest BCUT2D eigenvalue weighted by atomic mass is 9.98. The standard InChI is InChI=1S/C20H36F3N5O2.HI/c1-5-24-17(26-16-8-10-27(13-16)14-20(21,22)23)25-11-15-7-6-9-28(12-15)18(29)30-19(2,3)4;/h15-16H,5-14H2,1-4H3,(H2,24,25,26);1H. The molecule has 2 N–H and O–H groups in total. The molecular weight excluding hydrogens is 526 g/mol. The van der Waals surface area contributed by atoms with Crippen LogP contribution in [-0.2, 0) is 4.74 Å². The van der Waals surface area contributed by atoms with Crippen LogP contribution in [0.4, 0.5) is 18.0 Å². The van der Waals surface area contributed by atoms with Crippen LogP contribution in [0.15, 0.2) is 4.99 Å². The van der Waals surface area contributed by atoms with Crippen LogP contribution in [0.1, 0.15) is 47.0 Å². The molecule has 0 aliphatic carbocycles. The van der Waals surface area contributed by atoms with Crippen LogP contribution < -0.4 is 10.6 Å².